The quantitative estimate of drug-likeness (QED) is 0.656. The Bertz CT molecular complexity index is 207. The molecule has 0 spiro atoms. The maximum atomic E-state index is 11.9. The highest BCUT2D eigenvalue weighted by atomic mass is 16.1. The van der Waals surface area contributed by atoms with E-state index in [0.717, 1.165) is 6.54 Å². The van der Waals surface area contributed by atoms with Gasteiger partial charge in [0.05, 0.1) is 0 Å². The molecule has 0 saturated carbocycles. The van der Waals surface area contributed by atoms with Gasteiger partial charge in [0.2, 0.25) is 0 Å². The number of ketones is 1. The third-order valence-corrected chi connectivity index (χ3v) is 2.70. The standard InChI is InChI=1S/C10H20N2O/c1-7-6-11-9(12(7)5)8(13)10(2,3)4/h7,9,11H,6H2,1-5H3. The molecule has 1 aliphatic heterocycles. The summed E-state index contributed by atoms with van der Waals surface area (Å²) in [7, 11) is 2.00. The molecule has 2 atom stereocenters. The van der Waals surface area contributed by atoms with E-state index in [4.69, 9.17) is 0 Å². The van der Waals surface area contributed by atoms with Crippen LogP contribution in [0.2, 0.25) is 0 Å². The van der Waals surface area contributed by atoms with Crippen molar-refractivity contribution < 1.29 is 4.79 Å². The summed E-state index contributed by atoms with van der Waals surface area (Å²) < 4.78 is 0. The summed E-state index contributed by atoms with van der Waals surface area (Å²) in [5.41, 5.74) is -0.254. The Morgan fingerprint density at radius 3 is 2.31 bits per heavy atom. The lowest BCUT2D eigenvalue weighted by molar-refractivity contribution is -0.131. The smallest absolute Gasteiger partial charge is 0.169 e. The van der Waals surface area contributed by atoms with E-state index in [-0.39, 0.29) is 17.4 Å². The average Bonchev–Trinajstić information content (AvgIpc) is 2.30. The molecule has 0 radical (unpaired) electrons. The van der Waals surface area contributed by atoms with Crippen LogP contribution in [0, 0.1) is 5.41 Å². The summed E-state index contributed by atoms with van der Waals surface area (Å²) in [4.78, 5) is 14.0. The molecular formula is C10H20N2O. The normalized spacial score (nSPS) is 30.8. The summed E-state index contributed by atoms with van der Waals surface area (Å²) in [6.07, 6.45) is -0.0880. The van der Waals surface area contributed by atoms with E-state index in [0.29, 0.717) is 6.04 Å². The Kier molecular flexibility index (Phi) is 2.78. The van der Waals surface area contributed by atoms with Gasteiger partial charge in [-0.3, -0.25) is 15.0 Å². The van der Waals surface area contributed by atoms with Crippen molar-refractivity contribution in [3.05, 3.63) is 0 Å². The molecule has 13 heavy (non-hydrogen) atoms. The largest absolute Gasteiger partial charge is 0.296 e. The summed E-state index contributed by atoms with van der Waals surface area (Å²) in [5.74, 6) is 0.277. The highest BCUT2D eigenvalue weighted by Crippen LogP contribution is 2.21. The van der Waals surface area contributed by atoms with Crippen LogP contribution in [0.15, 0.2) is 0 Å². The van der Waals surface area contributed by atoms with Crippen molar-refractivity contribution in [1.82, 2.24) is 10.2 Å². The van der Waals surface area contributed by atoms with Crippen molar-refractivity contribution >= 4 is 5.78 Å². The van der Waals surface area contributed by atoms with Crippen molar-refractivity contribution in [2.24, 2.45) is 5.41 Å². The van der Waals surface area contributed by atoms with E-state index < -0.39 is 0 Å². The van der Waals surface area contributed by atoms with Crippen LogP contribution in [0.4, 0.5) is 0 Å². The second-order valence-corrected chi connectivity index (χ2v) is 4.94. The third-order valence-electron chi connectivity index (χ3n) is 2.70. The number of carbonyl (C=O) groups excluding carboxylic acids is 1. The van der Waals surface area contributed by atoms with Crippen LogP contribution in [0.5, 0.6) is 0 Å². The fourth-order valence-electron chi connectivity index (χ4n) is 1.51. The summed E-state index contributed by atoms with van der Waals surface area (Å²) >= 11 is 0. The number of hydrogen-bond donors (Lipinski definition) is 1. The predicted octanol–water partition coefficient (Wildman–Crippen LogP) is 0.851. The SMILES string of the molecule is CC1CNC(C(=O)C(C)(C)C)N1C. The van der Waals surface area contributed by atoms with Crippen LogP contribution in [-0.4, -0.2) is 36.5 Å². The molecule has 0 bridgehead atoms. The van der Waals surface area contributed by atoms with Gasteiger partial charge in [-0.15, -0.1) is 0 Å². The minimum absolute atomic E-state index is 0.0880. The topological polar surface area (TPSA) is 32.3 Å². The van der Waals surface area contributed by atoms with Gasteiger partial charge in [-0.25, -0.2) is 0 Å². The number of nitrogens with zero attached hydrogens (tertiary/aromatic N) is 1. The van der Waals surface area contributed by atoms with E-state index >= 15 is 0 Å². The minimum Gasteiger partial charge on any atom is -0.296 e. The number of nitrogens with one attached hydrogen (secondary N) is 1. The molecule has 3 nitrogen and oxygen atoms in total. The molecular weight excluding hydrogens is 164 g/mol. The molecule has 1 rings (SSSR count). The van der Waals surface area contributed by atoms with Gasteiger partial charge in [-0.1, -0.05) is 20.8 Å². The van der Waals surface area contributed by atoms with Gasteiger partial charge in [-0.05, 0) is 14.0 Å². The number of rotatable bonds is 1. The van der Waals surface area contributed by atoms with Gasteiger partial charge in [0.25, 0.3) is 0 Å². The first-order valence-corrected chi connectivity index (χ1v) is 4.83. The maximum Gasteiger partial charge on any atom is 0.169 e. The van der Waals surface area contributed by atoms with Gasteiger partial charge in [-0.2, -0.15) is 0 Å². The summed E-state index contributed by atoms with van der Waals surface area (Å²) in [6, 6.07) is 0.455. The van der Waals surface area contributed by atoms with Gasteiger partial charge in [0.1, 0.15) is 6.17 Å². The highest BCUT2D eigenvalue weighted by Gasteiger charge is 2.37. The molecule has 0 aromatic carbocycles. The van der Waals surface area contributed by atoms with E-state index in [1.54, 1.807) is 0 Å². The van der Waals surface area contributed by atoms with Crippen molar-refractivity contribution in [2.45, 2.75) is 39.9 Å². The first kappa shape index (κ1) is 10.7. The Labute approximate surface area is 80.5 Å². The van der Waals surface area contributed by atoms with Crippen LogP contribution in [0.3, 0.4) is 0 Å². The molecule has 3 heteroatoms. The van der Waals surface area contributed by atoms with Crippen molar-refractivity contribution in [1.29, 1.82) is 0 Å². The van der Waals surface area contributed by atoms with Crippen molar-refractivity contribution in [3.8, 4) is 0 Å². The Morgan fingerprint density at radius 2 is 2.00 bits per heavy atom. The van der Waals surface area contributed by atoms with Gasteiger partial charge in [0.15, 0.2) is 5.78 Å². The van der Waals surface area contributed by atoms with E-state index in [2.05, 4.69) is 17.1 Å². The van der Waals surface area contributed by atoms with Crippen molar-refractivity contribution in [3.63, 3.8) is 0 Å². The second kappa shape index (κ2) is 3.39. The maximum absolute atomic E-state index is 11.9. The van der Waals surface area contributed by atoms with Gasteiger partial charge in [0, 0.05) is 18.0 Å². The highest BCUT2D eigenvalue weighted by molar-refractivity contribution is 5.88. The molecule has 1 aliphatic rings. The molecule has 0 aromatic heterocycles. The molecule has 1 saturated heterocycles. The number of carbonyl (C=O) groups is 1. The molecule has 0 amide bonds. The van der Waals surface area contributed by atoms with Crippen LogP contribution < -0.4 is 5.32 Å². The zero-order valence-corrected chi connectivity index (χ0v) is 9.22. The Hall–Kier alpha value is -0.410. The average molecular weight is 184 g/mol. The molecule has 0 aliphatic carbocycles. The summed E-state index contributed by atoms with van der Waals surface area (Å²) in [6.45, 7) is 8.93. The number of hydrogen-bond acceptors (Lipinski definition) is 3. The lowest BCUT2D eigenvalue weighted by atomic mass is 9.89. The molecule has 1 N–H and O–H groups in total. The second-order valence-electron chi connectivity index (χ2n) is 4.94. The zero-order valence-electron chi connectivity index (χ0n) is 9.22. The van der Waals surface area contributed by atoms with E-state index in [1.165, 1.54) is 0 Å². The fraction of sp³-hybridized carbons (Fsp3) is 0.900. The van der Waals surface area contributed by atoms with Crippen LogP contribution in [0.1, 0.15) is 27.7 Å². The van der Waals surface area contributed by atoms with Gasteiger partial charge >= 0.3 is 0 Å². The van der Waals surface area contributed by atoms with Crippen LogP contribution in [-0.2, 0) is 4.79 Å². The lowest BCUT2D eigenvalue weighted by Gasteiger charge is -2.27. The Balaban J connectivity index is 2.69. The number of likely N-dealkylation sites (N-methyl/N-ethyl adjacent to an activating group) is 1. The van der Waals surface area contributed by atoms with E-state index in [9.17, 15) is 4.79 Å². The molecule has 0 aromatic rings. The molecule has 1 heterocycles. The Morgan fingerprint density at radius 1 is 1.46 bits per heavy atom. The third kappa shape index (κ3) is 2.09. The fourth-order valence-corrected chi connectivity index (χ4v) is 1.51. The first-order chi connectivity index (χ1) is 5.84. The summed E-state index contributed by atoms with van der Waals surface area (Å²) in [5, 5.41) is 3.24. The molecule has 1 fully saturated rings. The van der Waals surface area contributed by atoms with Crippen LogP contribution >= 0.6 is 0 Å². The van der Waals surface area contributed by atoms with Crippen molar-refractivity contribution in [2.75, 3.05) is 13.6 Å². The number of Topliss-reactive ketones (excluding diaryl/α,β-unsaturated/α-hetero) is 1. The predicted molar refractivity (Wildman–Crippen MR) is 53.5 cm³/mol. The zero-order chi connectivity index (χ0) is 10.2. The van der Waals surface area contributed by atoms with Gasteiger partial charge < -0.3 is 0 Å². The molecule has 76 valence electrons. The van der Waals surface area contributed by atoms with Crippen LogP contribution in [0.25, 0.3) is 0 Å². The first-order valence-electron chi connectivity index (χ1n) is 4.83. The lowest BCUT2D eigenvalue weighted by Crippen LogP contribution is -2.46. The van der Waals surface area contributed by atoms with E-state index in [1.807, 2.05) is 27.8 Å². The minimum atomic E-state index is -0.254. The monoisotopic (exact) mass is 184 g/mol. The molecule has 2 unspecified atom stereocenters.